The minimum absolute atomic E-state index is 1.20. The standard InChI is InChI=1S/C6H15IOSi/c1-8-9(2,3)6-4-5-7/h4-6H2,1-3H3. The maximum Gasteiger partial charge on any atom is 0.186 e. The average Bonchev–Trinajstić information content (AvgIpc) is 1.84. The largest absolute Gasteiger partial charge is 0.420 e. The van der Waals surface area contributed by atoms with Crippen LogP contribution >= 0.6 is 22.6 Å². The molecule has 0 aliphatic rings. The summed E-state index contributed by atoms with van der Waals surface area (Å²) in [6, 6.07) is 1.30. The highest BCUT2D eigenvalue weighted by Gasteiger charge is 2.18. The van der Waals surface area contributed by atoms with E-state index in [0.717, 1.165) is 0 Å². The molecule has 0 rings (SSSR count). The summed E-state index contributed by atoms with van der Waals surface area (Å²) in [5.41, 5.74) is 0. The minimum atomic E-state index is -1.20. The van der Waals surface area contributed by atoms with Crippen molar-refractivity contribution >= 4 is 30.9 Å². The van der Waals surface area contributed by atoms with E-state index in [1.807, 2.05) is 7.11 Å². The zero-order chi connectivity index (χ0) is 7.33. The highest BCUT2D eigenvalue weighted by molar-refractivity contribution is 14.1. The summed E-state index contributed by atoms with van der Waals surface area (Å²) >= 11 is 2.41. The summed E-state index contributed by atoms with van der Waals surface area (Å²) in [5, 5.41) is 0. The molecule has 0 radical (unpaired) electrons. The summed E-state index contributed by atoms with van der Waals surface area (Å²) in [6.45, 7) is 4.53. The van der Waals surface area contributed by atoms with Crippen molar-refractivity contribution in [1.82, 2.24) is 0 Å². The molecule has 0 saturated carbocycles. The fourth-order valence-electron chi connectivity index (χ4n) is 0.595. The molecule has 0 aliphatic heterocycles. The second kappa shape index (κ2) is 4.68. The first-order chi connectivity index (χ1) is 4.12. The Morgan fingerprint density at radius 3 is 2.33 bits per heavy atom. The van der Waals surface area contributed by atoms with Crippen LogP contribution in [0, 0.1) is 0 Å². The molecule has 0 heterocycles. The van der Waals surface area contributed by atoms with Crippen LogP contribution in [0.15, 0.2) is 0 Å². The first-order valence-electron chi connectivity index (χ1n) is 3.23. The van der Waals surface area contributed by atoms with Gasteiger partial charge in [0.2, 0.25) is 0 Å². The third-order valence-corrected chi connectivity index (χ3v) is 4.89. The lowest BCUT2D eigenvalue weighted by Crippen LogP contribution is -2.27. The third-order valence-electron chi connectivity index (χ3n) is 1.47. The Balaban J connectivity index is 3.33. The van der Waals surface area contributed by atoms with Crippen LogP contribution in [0.4, 0.5) is 0 Å². The van der Waals surface area contributed by atoms with E-state index in [1.54, 1.807) is 0 Å². The Labute approximate surface area is 72.4 Å². The highest BCUT2D eigenvalue weighted by atomic mass is 127. The number of alkyl halides is 1. The summed E-state index contributed by atoms with van der Waals surface area (Å²) in [5.74, 6) is 0. The number of rotatable bonds is 4. The van der Waals surface area contributed by atoms with Crippen LogP contribution in [-0.4, -0.2) is 19.9 Å². The maximum absolute atomic E-state index is 5.38. The van der Waals surface area contributed by atoms with Crippen LogP contribution in [0.25, 0.3) is 0 Å². The fraction of sp³-hybridized carbons (Fsp3) is 1.00. The van der Waals surface area contributed by atoms with Crippen molar-refractivity contribution in [1.29, 1.82) is 0 Å². The van der Waals surface area contributed by atoms with E-state index in [2.05, 4.69) is 35.7 Å². The van der Waals surface area contributed by atoms with Crippen LogP contribution in [0.3, 0.4) is 0 Å². The molecular weight excluding hydrogens is 243 g/mol. The van der Waals surface area contributed by atoms with Crippen molar-refractivity contribution in [3.8, 4) is 0 Å². The van der Waals surface area contributed by atoms with E-state index < -0.39 is 8.32 Å². The second-order valence-corrected chi connectivity index (χ2v) is 8.26. The van der Waals surface area contributed by atoms with Gasteiger partial charge in [0, 0.05) is 7.11 Å². The molecule has 9 heavy (non-hydrogen) atoms. The number of halogens is 1. The van der Waals surface area contributed by atoms with Gasteiger partial charge in [0.15, 0.2) is 8.32 Å². The number of hydrogen-bond donors (Lipinski definition) is 0. The second-order valence-electron chi connectivity index (χ2n) is 2.76. The predicted octanol–water partition coefficient (Wildman–Crippen LogP) is 2.66. The SMILES string of the molecule is CO[Si](C)(C)CCCI. The van der Waals surface area contributed by atoms with Gasteiger partial charge in [-0.25, -0.2) is 0 Å². The highest BCUT2D eigenvalue weighted by Crippen LogP contribution is 2.12. The minimum Gasteiger partial charge on any atom is -0.420 e. The molecule has 0 amide bonds. The van der Waals surface area contributed by atoms with Gasteiger partial charge in [-0.3, -0.25) is 0 Å². The van der Waals surface area contributed by atoms with Gasteiger partial charge >= 0.3 is 0 Å². The molecule has 0 aromatic heterocycles. The Kier molecular flexibility index (Phi) is 5.15. The molecule has 0 atom stereocenters. The monoisotopic (exact) mass is 258 g/mol. The molecule has 1 nitrogen and oxygen atoms in total. The van der Waals surface area contributed by atoms with Crippen molar-refractivity contribution in [3.63, 3.8) is 0 Å². The fourth-order valence-corrected chi connectivity index (χ4v) is 2.93. The van der Waals surface area contributed by atoms with E-state index >= 15 is 0 Å². The Hall–Kier alpha value is 0.907. The van der Waals surface area contributed by atoms with Crippen LogP contribution in [-0.2, 0) is 4.43 Å². The van der Waals surface area contributed by atoms with Crippen LogP contribution in [0.5, 0.6) is 0 Å². The summed E-state index contributed by atoms with van der Waals surface area (Å²) in [6.07, 6.45) is 1.31. The van der Waals surface area contributed by atoms with Gasteiger partial charge < -0.3 is 4.43 Å². The molecule has 3 heteroatoms. The van der Waals surface area contributed by atoms with Crippen molar-refractivity contribution in [2.45, 2.75) is 25.6 Å². The molecule has 0 aromatic rings. The molecule has 0 bridgehead atoms. The maximum atomic E-state index is 5.38. The molecule has 0 unspecified atom stereocenters. The van der Waals surface area contributed by atoms with Gasteiger partial charge in [0.1, 0.15) is 0 Å². The van der Waals surface area contributed by atoms with Crippen molar-refractivity contribution < 1.29 is 4.43 Å². The predicted molar refractivity (Wildman–Crippen MR) is 52.8 cm³/mol. The Morgan fingerprint density at radius 1 is 1.44 bits per heavy atom. The van der Waals surface area contributed by atoms with Gasteiger partial charge in [-0.1, -0.05) is 22.6 Å². The van der Waals surface area contributed by atoms with Gasteiger partial charge in [-0.05, 0) is 30.0 Å². The molecule has 0 aromatic carbocycles. The molecule has 56 valence electrons. The van der Waals surface area contributed by atoms with E-state index in [4.69, 9.17) is 4.43 Å². The smallest absolute Gasteiger partial charge is 0.186 e. The van der Waals surface area contributed by atoms with Crippen molar-refractivity contribution in [2.75, 3.05) is 11.5 Å². The summed E-state index contributed by atoms with van der Waals surface area (Å²) in [4.78, 5) is 0. The molecular formula is C6H15IOSi. The van der Waals surface area contributed by atoms with Gasteiger partial charge in [0.05, 0.1) is 0 Å². The zero-order valence-electron chi connectivity index (χ0n) is 6.41. The van der Waals surface area contributed by atoms with Crippen molar-refractivity contribution in [3.05, 3.63) is 0 Å². The average molecular weight is 258 g/mol. The molecule has 0 saturated heterocycles. The Morgan fingerprint density at radius 2 is 2.00 bits per heavy atom. The number of hydrogen-bond acceptors (Lipinski definition) is 1. The van der Waals surface area contributed by atoms with Gasteiger partial charge in [-0.2, -0.15) is 0 Å². The van der Waals surface area contributed by atoms with E-state index in [1.165, 1.54) is 16.9 Å². The third kappa shape index (κ3) is 5.36. The normalized spacial score (nSPS) is 12.0. The van der Waals surface area contributed by atoms with E-state index in [-0.39, 0.29) is 0 Å². The molecule has 0 spiro atoms. The van der Waals surface area contributed by atoms with Crippen LogP contribution in [0.1, 0.15) is 6.42 Å². The van der Waals surface area contributed by atoms with Crippen molar-refractivity contribution in [2.24, 2.45) is 0 Å². The summed E-state index contributed by atoms with van der Waals surface area (Å²) < 4.78 is 6.64. The van der Waals surface area contributed by atoms with Crippen LogP contribution in [0.2, 0.25) is 19.1 Å². The van der Waals surface area contributed by atoms with Gasteiger partial charge in [0.25, 0.3) is 0 Å². The topological polar surface area (TPSA) is 9.23 Å². The first-order valence-corrected chi connectivity index (χ1v) is 7.87. The lowest BCUT2D eigenvalue weighted by Gasteiger charge is -2.18. The van der Waals surface area contributed by atoms with Crippen LogP contribution < -0.4 is 0 Å². The van der Waals surface area contributed by atoms with E-state index in [9.17, 15) is 0 Å². The zero-order valence-corrected chi connectivity index (χ0v) is 9.57. The first kappa shape index (κ1) is 9.91. The molecule has 0 aliphatic carbocycles. The molecule has 0 N–H and O–H groups in total. The van der Waals surface area contributed by atoms with E-state index in [0.29, 0.717) is 0 Å². The summed E-state index contributed by atoms with van der Waals surface area (Å²) in [7, 11) is 0.630. The van der Waals surface area contributed by atoms with Gasteiger partial charge in [-0.15, -0.1) is 0 Å². The lowest BCUT2D eigenvalue weighted by molar-refractivity contribution is 0.403. The molecule has 0 fully saturated rings. The Bertz CT molecular complexity index is 75.5. The quantitative estimate of drug-likeness (QED) is 0.428. The lowest BCUT2D eigenvalue weighted by atomic mass is 10.6.